The molecule has 208 valence electrons. The lowest BCUT2D eigenvalue weighted by Gasteiger charge is -2.20. The van der Waals surface area contributed by atoms with E-state index < -0.39 is 34.5 Å². The molecule has 0 spiro atoms. The number of para-hydroxylation sites is 3. The number of hydrogen-bond donors (Lipinski definition) is 4. The van der Waals surface area contributed by atoms with E-state index in [9.17, 15) is 24.2 Å². The van der Waals surface area contributed by atoms with E-state index in [1.165, 1.54) is 18.2 Å². The van der Waals surface area contributed by atoms with Gasteiger partial charge in [0.15, 0.2) is 5.11 Å². The van der Waals surface area contributed by atoms with Crippen LogP contribution in [0.3, 0.4) is 0 Å². The van der Waals surface area contributed by atoms with Crippen LogP contribution in [-0.4, -0.2) is 15.3 Å². The van der Waals surface area contributed by atoms with E-state index in [4.69, 9.17) is 21.1 Å². The van der Waals surface area contributed by atoms with Crippen LogP contribution in [-0.2, 0) is 0 Å². The molecule has 0 radical (unpaired) electrons. The summed E-state index contributed by atoms with van der Waals surface area (Å²) in [5, 5.41) is 29.0. The summed E-state index contributed by atoms with van der Waals surface area (Å²) in [6, 6.07) is 25.4. The smallest absolute Gasteiger partial charge is 0.344 e. The Labute approximate surface area is 242 Å². The predicted molar refractivity (Wildman–Crippen MR) is 162 cm³/mol. The molecule has 6 aromatic rings. The number of nitrogens with one attached hydrogen (secondary N) is 2. The fourth-order valence-electron chi connectivity index (χ4n) is 4.89. The van der Waals surface area contributed by atoms with Crippen LogP contribution in [0.1, 0.15) is 22.6 Å². The first-order valence-corrected chi connectivity index (χ1v) is 13.1. The van der Waals surface area contributed by atoms with Crippen LogP contribution in [0.25, 0.3) is 21.9 Å². The summed E-state index contributed by atoms with van der Waals surface area (Å²) in [7, 11) is 0. The van der Waals surface area contributed by atoms with Gasteiger partial charge in [0.05, 0.1) is 33.5 Å². The van der Waals surface area contributed by atoms with Gasteiger partial charge in [-0.15, -0.1) is 0 Å². The van der Waals surface area contributed by atoms with E-state index >= 15 is 0 Å². The maximum Gasteiger partial charge on any atom is 0.344 e. The number of aromatic hydroxyl groups is 2. The van der Waals surface area contributed by atoms with E-state index in [0.29, 0.717) is 11.3 Å². The molecular formula is C32H21FN2O6S. The van der Waals surface area contributed by atoms with Crippen molar-refractivity contribution in [3.8, 4) is 11.5 Å². The molecule has 0 atom stereocenters. The molecule has 10 heteroatoms. The van der Waals surface area contributed by atoms with Gasteiger partial charge in [-0.05, 0) is 66.3 Å². The molecule has 0 aliphatic rings. The number of benzene rings is 4. The Kier molecular flexibility index (Phi) is 6.89. The second-order valence-corrected chi connectivity index (χ2v) is 9.82. The number of halogens is 1. The number of anilines is 2. The van der Waals surface area contributed by atoms with Gasteiger partial charge in [0.1, 0.15) is 28.5 Å². The number of fused-ring (bicyclic) bond motifs is 2. The molecule has 0 aliphatic heterocycles. The number of thiocarbonyl (C=S) groups is 1. The molecule has 0 fully saturated rings. The Morgan fingerprint density at radius 1 is 0.690 bits per heavy atom. The fourth-order valence-corrected chi connectivity index (χ4v) is 5.12. The average molecular weight is 581 g/mol. The molecular weight excluding hydrogens is 559 g/mol. The lowest BCUT2D eigenvalue weighted by Crippen LogP contribution is -2.22. The quantitative estimate of drug-likeness (QED) is 0.135. The molecule has 8 nitrogen and oxygen atoms in total. The van der Waals surface area contributed by atoms with Gasteiger partial charge in [-0.3, -0.25) is 0 Å². The minimum Gasteiger partial charge on any atom is -0.507 e. The largest absolute Gasteiger partial charge is 0.507 e. The molecule has 0 amide bonds. The summed E-state index contributed by atoms with van der Waals surface area (Å²) in [5.41, 5.74) is -0.876. The zero-order valence-electron chi connectivity index (χ0n) is 21.6. The van der Waals surface area contributed by atoms with Gasteiger partial charge in [-0.2, -0.15) is 0 Å². The summed E-state index contributed by atoms with van der Waals surface area (Å²) in [6.07, 6.45) is 0. The highest BCUT2D eigenvalue weighted by atomic mass is 32.1. The Bertz CT molecular complexity index is 2010. The fraction of sp³-hybridized carbons (Fsp3) is 0.0312. The maximum atomic E-state index is 14.0. The second kappa shape index (κ2) is 10.8. The molecule has 4 N–H and O–H groups in total. The molecule has 2 heterocycles. The summed E-state index contributed by atoms with van der Waals surface area (Å²) in [6.45, 7) is 0. The van der Waals surface area contributed by atoms with Crippen LogP contribution in [0.2, 0.25) is 0 Å². The van der Waals surface area contributed by atoms with E-state index in [1.54, 1.807) is 78.9 Å². The van der Waals surface area contributed by atoms with Crippen molar-refractivity contribution < 1.29 is 23.4 Å². The van der Waals surface area contributed by atoms with Gasteiger partial charge in [0.25, 0.3) is 0 Å². The lowest BCUT2D eigenvalue weighted by atomic mass is 9.84. The van der Waals surface area contributed by atoms with Gasteiger partial charge in [0.2, 0.25) is 0 Å². The Hall–Kier alpha value is -5.48. The second-order valence-electron chi connectivity index (χ2n) is 9.41. The van der Waals surface area contributed by atoms with Crippen LogP contribution < -0.4 is 21.9 Å². The number of rotatable bonds is 5. The minimum absolute atomic E-state index is 0.130. The van der Waals surface area contributed by atoms with E-state index in [2.05, 4.69) is 10.6 Å². The SMILES string of the molecule is O=c1oc2ccccc2c(O)c1C(c1ccc(NC(=S)Nc2ccccc2F)cc1)c1c(O)c2ccccc2oc1=O. The van der Waals surface area contributed by atoms with Crippen LogP contribution >= 0.6 is 12.2 Å². The lowest BCUT2D eigenvalue weighted by molar-refractivity contribution is 0.441. The molecule has 0 saturated carbocycles. The minimum atomic E-state index is -1.27. The molecule has 0 saturated heterocycles. The van der Waals surface area contributed by atoms with Crippen molar-refractivity contribution in [3.05, 3.63) is 140 Å². The first-order chi connectivity index (χ1) is 20.3. The van der Waals surface area contributed by atoms with Crippen LogP contribution in [0.5, 0.6) is 11.5 Å². The third-order valence-electron chi connectivity index (χ3n) is 6.84. The highest BCUT2D eigenvalue weighted by Gasteiger charge is 2.32. The van der Waals surface area contributed by atoms with Crippen LogP contribution in [0, 0.1) is 5.82 Å². The van der Waals surface area contributed by atoms with Gasteiger partial charge < -0.3 is 29.7 Å². The molecule has 0 aliphatic carbocycles. The first kappa shape index (κ1) is 26.7. The number of hydrogen-bond acceptors (Lipinski definition) is 7. The van der Waals surface area contributed by atoms with Gasteiger partial charge in [-0.1, -0.05) is 48.5 Å². The zero-order chi connectivity index (χ0) is 29.4. The molecule has 6 rings (SSSR count). The summed E-state index contributed by atoms with van der Waals surface area (Å²) >= 11 is 5.31. The molecule has 42 heavy (non-hydrogen) atoms. The van der Waals surface area contributed by atoms with Crippen molar-refractivity contribution in [1.82, 2.24) is 0 Å². The van der Waals surface area contributed by atoms with E-state index in [1.807, 2.05) is 0 Å². The third kappa shape index (κ3) is 4.84. The zero-order valence-corrected chi connectivity index (χ0v) is 22.4. The average Bonchev–Trinajstić information content (AvgIpc) is 2.98. The van der Waals surface area contributed by atoms with Gasteiger partial charge >= 0.3 is 11.3 Å². The van der Waals surface area contributed by atoms with Crippen molar-refractivity contribution in [2.75, 3.05) is 10.6 Å². The van der Waals surface area contributed by atoms with Crippen molar-refractivity contribution >= 4 is 50.6 Å². The first-order valence-electron chi connectivity index (χ1n) is 12.7. The third-order valence-corrected chi connectivity index (χ3v) is 7.05. The molecule has 4 aromatic carbocycles. The summed E-state index contributed by atoms with van der Waals surface area (Å²) in [5.74, 6) is -2.53. The van der Waals surface area contributed by atoms with E-state index in [-0.39, 0.29) is 43.9 Å². The Morgan fingerprint density at radius 3 is 1.74 bits per heavy atom. The van der Waals surface area contributed by atoms with Gasteiger partial charge in [-0.25, -0.2) is 14.0 Å². The molecule has 0 bridgehead atoms. The molecule has 2 aromatic heterocycles. The predicted octanol–water partition coefficient (Wildman–Crippen LogP) is 6.44. The van der Waals surface area contributed by atoms with Crippen LogP contribution in [0.4, 0.5) is 15.8 Å². The maximum absolute atomic E-state index is 14.0. The highest BCUT2D eigenvalue weighted by Crippen LogP contribution is 2.42. The standard InChI is InChI=1S/C32H21FN2O6S/c33-21-9-3-4-10-22(21)35-32(42)34-18-15-13-17(14-16-18)25(26-28(36)19-7-1-5-11-23(19)40-30(26)38)27-29(37)20-8-2-6-12-24(20)41-31(27)39/h1-16,25,36-37H,(H2,34,35,42). The van der Waals surface area contributed by atoms with E-state index in [0.717, 1.165) is 0 Å². The van der Waals surface area contributed by atoms with Crippen LogP contribution in [0.15, 0.2) is 115 Å². The normalized spacial score (nSPS) is 11.2. The summed E-state index contributed by atoms with van der Waals surface area (Å²) in [4.78, 5) is 26.7. The highest BCUT2D eigenvalue weighted by molar-refractivity contribution is 7.80. The van der Waals surface area contributed by atoms with Gasteiger partial charge in [0, 0.05) is 5.69 Å². The topological polar surface area (TPSA) is 125 Å². The van der Waals surface area contributed by atoms with Crippen molar-refractivity contribution in [3.63, 3.8) is 0 Å². The Morgan fingerprint density at radius 2 is 1.19 bits per heavy atom. The molecule has 0 unspecified atom stereocenters. The summed E-state index contributed by atoms with van der Waals surface area (Å²) < 4.78 is 25.0. The monoisotopic (exact) mass is 580 g/mol. The Balaban J connectivity index is 1.47. The van der Waals surface area contributed by atoms with Crippen molar-refractivity contribution in [2.45, 2.75) is 5.92 Å². The van der Waals surface area contributed by atoms with Crippen molar-refractivity contribution in [2.24, 2.45) is 0 Å². The van der Waals surface area contributed by atoms with Crippen molar-refractivity contribution in [1.29, 1.82) is 0 Å².